The van der Waals surface area contributed by atoms with Gasteiger partial charge < -0.3 is 27.3 Å². The summed E-state index contributed by atoms with van der Waals surface area (Å²) in [5, 5.41) is 0. The smallest absolute Gasteiger partial charge is 0.660 e. The summed E-state index contributed by atoms with van der Waals surface area (Å²) in [6.07, 6.45) is 10.8. The Kier molecular flexibility index (Phi) is 10.5. The number of allylic oxidation sites excluding steroid dienone is 4. The Morgan fingerprint density at radius 3 is 2.04 bits per heavy atom. The van der Waals surface area contributed by atoms with Gasteiger partial charge in [0.05, 0.1) is 0 Å². The average molecular weight is 396 g/mol. The maximum atomic E-state index is 5.34. The SMILES string of the molecule is CC1CC2C=C3CCCC3=CC2[C@H]1[Si](C)(C)[N-]C(C)(C)C.[CH3-].[CH3-].[CH3-].[Ti+4]. The molecule has 0 amide bonds. The Morgan fingerprint density at radius 2 is 1.52 bits per heavy atom. The summed E-state index contributed by atoms with van der Waals surface area (Å²) in [6.45, 7) is 14.3. The summed E-state index contributed by atoms with van der Waals surface area (Å²) >= 11 is 0. The van der Waals surface area contributed by atoms with Crippen molar-refractivity contribution in [3.8, 4) is 0 Å². The molecule has 2 saturated carbocycles. The van der Waals surface area contributed by atoms with E-state index < -0.39 is 8.24 Å². The molecule has 3 heteroatoms. The Labute approximate surface area is 175 Å². The normalized spacial score (nSPS) is 30.3. The monoisotopic (exact) mass is 395 g/mol. The fraction of sp³-hybridized carbons (Fsp3) is 0.682. The van der Waals surface area contributed by atoms with Gasteiger partial charge in [-0.2, -0.15) is 0 Å². The second kappa shape index (κ2) is 9.53. The van der Waals surface area contributed by atoms with E-state index in [2.05, 4.69) is 52.9 Å². The van der Waals surface area contributed by atoms with Crippen LogP contribution in [0.5, 0.6) is 0 Å². The van der Waals surface area contributed by atoms with Crippen molar-refractivity contribution in [2.45, 2.75) is 77.6 Å². The molecule has 0 N–H and O–H groups in total. The molecule has 1 nitrogen and oxygen atoms in total. The zero-order chi connectivity index (χ0) is 15.4. The standard InChI is InChI=1S/C19H32NSi.3CH3.Ti/c1-13-10-16-11-14-8-7-9-15(14)12-17(16)18(13)21(5,6)20-19(2,3)4;;;;/h11-13,16-18H,7-10H2,1-6H3;3*1H3;/q4*-1;+4/t13?,16?,17?,18-;;;;/m0..../s1. The van der Waals surface area contributed by atoms with Crippen LogP contribution < -0.4 is 0 Å². The van der Waals surface area contributed by atoms with Crippen LogP contribution in [0.1, 0.15) is 53.4 Å². The largest absolute Gasteiger partial charge is 4.00 e. The number of rotatable bonds is 2. The molecule has 0 aromatic rings. The van der Waals surface area contributed by atoms with Crippen molar-refractivity contribution < 1.29 is 21.7 Å². The second-order valence-corrected chi connectivity index (χ2v) is 13.4. The fourth-order valence-electron chi connectivity index (χ4n) is 5.55. The van der Waals surface area contributed by atoms with Crippen molar-refractivity contribution in [1.82, 2.24) is 0 Å². The van der Waals surface area contributed by atoms with Gasteiger partial charge in [-0.1, -0.05) is 66.7 Å². The molecule has 3 rings (SSSR count). The van der Waals surface area contributed by atoms with E-state index in [-0.39, 0.29) is 49.5 Å². The maximum absolute atomic E-state index is 5.34. The molecule has 0 bridgehead atoms. The molecule has 3 aliphatic carbocycles. The zero-order valence-corrected chi connectivity index (χ0v) is 20.8. The van der Waals surface area contributed by atoms with Gasteiger partial charge in [-0.05, 0) is 54.6 Å². The van der Waals surface area contributed by atoms with Crippen LogP contribution in [0.15, 0.2) is 23.3 Å². The third kappa shape index (κ3) is 5.67. The first kappa shape index (κ1) is 27.6. The molecule has 3 aliphatic rings. The number of fused-ring (bicyclic) bond motifs is 2. The van der Waals surface area contributed by atoms with Crippen molar-refractivity contribution in [3.05, 3.63) is 50.6 Å². The van der Waals surface area contributed by atoms with Gasteiger partial charge in [0.1, 0.15) is 0 Å². The molecule has 2 fully saturated rings. The summed E-state index contributed by atoms with van der Waals surface area (Å²) in [5.74, 6) is 2.42. The molecule has 0 aromatic carbocycles. The molecule has 142 valence electrons. The second-order valence-electron chi connectivity index (χ2n) is 9.15. The van der Waals surface area contributed by atoms with Gasteiger partial charge in [-0.3, -0.25) is 0 Å². The van der Waals surface area contributed by atoms with E-state index in [1.807, 2.05) is 0 Å². The maximum Gasteiger partial charge on any atom is 4.00 e. The van der Waals surface area contributed by atoms with Crippen LogP contribution in [0.3, 0.4) is 0 Å². The van der Waals surface area contributed by atoms with E-state index in [1.165, 1.54) is 25.7 Å². The van der Waals surface area contributed by atoms with Crippen molar-refractivity contribution in [2.24, 2.45) is 17.8 Å². The third-order valence-corrected chi connectivity index (χ3v) is 9.55. The van der Waals surface area contributed by atoms with Crippen LogP contribution in [-0.2, 0) is 21.7 Å². The minimum absolute atomic E-state index is 0. The first-order chi connectivity index (χ1) is 9.67. The molecule has 0 aliphatic heterocycles. The average Bonchev–Trinajstić information content (AvgIpc) is 2.83. The van der Waals surface area contributed by atoms with Crippen LogP contribution in [0, 0.1) is 40.0 Å². The molecule has 0 radical (unpaired) electrons. The molecule has 25 heavy (non-hydrogen) atoms. The van der Waals surface area contributed by atoms with Crippen LogP contribution in [0.4, 0.5) is 0 Å². The van der Waals surface area contributed by atoms with Gasteiger partial charge >= 0.3 is 21.7 Å². The molecule has 0 aromatic heterocycles. The van der Waals surface area contributed by atoms with E-state index in [4.69, 9.17) is 4.98 Å². The minimum Gasteiger partial charge on any atom is -0.660 e. The molecular formula is C22H41NSiTi. The molecule has 4 atom stereocenters. The van der Waals surface area contributed by atoms with Gasteiger partial charge in [-0.15, -0.1) is 5.54 Å². The molecule has 0 heterocycles. The predicted octanol–water partition coefficient (Wildman–Crippen LogP) is 7.40. The quantitative estimate of drug-likeness (QED) is 0.341. The van der Waals surface area contributed by atoms with Crippen LogP contribution in [0.2, 0.25) is 18.6 Å². The summed E-state index contributed by atoms with van der Waals surface area (Å²) in [6, 6.07) is 0. The summed E-state index contributed by atoms with van der Waals surface area (Å²) in [7, 11) is -1.57. The van der Waals surface area contributed by atoms with Gasteiger partial charge in [0, 0.05) is 0 Å². The first-order valence-corrected chi connectivity index (χ1v) is 11.9. The summed E-state index contributed by atoms with van der Waals surface area (Å²) in [5.41, 5.74) is 4.32. The van der Waals surface area contributed by atoms with Crippen molar-refractivity contribution in [2.75, 3.05) is 0 Å². The van der Waals surface area contributed by atoms with Crippen molar-refractivity contribution in [1.29, 1.82) is 0 Å². The van der Waals surface area contributed by atoms with Crippen LogP contribution in [-0.4, -0.2) is 13.8 Å². The van der Waals surface area contributed by atoms with Gasteiger partial charge in [0.25, 0.3) is 0 Å². The molecule has 3 unspecified atom stereocenters. The Bertz CT molecular complexity index is 487. The number of hydrogen-bond acceptors (Lipinski definition) is 0. The third-order valence-electron chi connectivity index (χ3n) is 5.72. The number of nitrogens with zero attached hydrogens (tertiary/aromatic N) is 1. The predicted molar refractivity (Wildman–Crippen MR) is 114 cm³/mol. The van der Waals surface area contributed by atoms with E-state index in [9.17, 15) is 0 Å². The van der Waals surface area contributed by atoms with Crippen molar-refractivity contribution >= 4 is 8.24 Å². The Hall–Kier alpha value is 0.371. The summed E-state index contributed by atoms with van der Waals surface area (Å²) in [4.78, 5) is 5.34. The summed E-state index contributed by atoms with van der Waals surface area (Å²) < 4.78 is 0. The van der Waals surface area contributed by atoms with Gasteiger partial charge in [0.2, 0.25) is 0 Å². The fourth-order valence-corrected chi connectivity index (χ4v) is 10.2. The molecular weight excluding hydrogens is 354 g/mol. The molecule has 0 saturated heterocycles. The minimum atomic E-state index is -1.57. The van der Waals surface area contributed by atoms with Crippen molar-refractivity contribution in [3.63, 3.8) is 0 Å². The molecule has 0 spiro atoms. The topological polar surface area (TPSA) is 14.1 Å². The Morgan fingerprint density at radius 1 is 1.00 bits per heavy atom. The zero-order valence-electron chi connectivity index (χ0n) is 18.2. The van der Waals surface area contributed by atoms with Crippen LogP contribution >= 0.6 is 0 Å². The van der Waals surface area contributed by atoms with E-state index in [0.717, 1.165) is 23.3 Å². The van der Waals surface area contributed by atoms with E-state index in [1.54, 1.807) is 11.1 Å². The Balaban J connectivity index is 0. The van der Waals surface area contributed by atoms with Gasteiger partial charge in [-0.25, -0.2) is 0 Å². The van der Waals surface area contributed by atoms with E-state index in [0.29, 0.717) is 0 Å². The van der Waals surface area contributed by atoms with Gasteiger partial charge in [0.15, 0.2) is 0 Å². The first-order valence-electron chi connectivity index (χ1n) is 8.83. The van der Waals surface area contributed by atoms with E-state index >= 15 is 0 Å². The van der Waals surface area contributed by atoms with Crippen LogP contribution in [0.25, 0.3) is 4.98 Å². The number of hydrogen-bond donors (Lipinski definition) is 0.